The number of hydrogen-bond acceptors (Lipinski definition) is 10. The highest BCUT2D eigenvalue weighted by Gasteiger charge is 2.27. The number of aromatic nitrogens is 3. The molecule has 0 spiro atoms. The summed E-state index contributed by atoms with van der Waals surface area (Å²) in [5.41, 5.74) is 0.146. The quantitative estimate of drug-likeness (QED) is 0.291. The second kappa shape index (κ2) is 9.31. The van der Waals surface area contributed by atoms with Crippen LogP contribution in [-0.4, -0.2) is 72.0 Å². The lowest BCUT2D eigenvalue weighted by Crippen LogP contribution is -2.47. The molecule has 0 amide bonds. The minimum Gasteiger partial charge on any atom is -0.468 e. The highest BCUT2D eigenvalue weighted by Crippen LogP contribution is 2.29. The number of pyridine rings is 1. The topological polar surface area (TPSA) is 101 Å². The summed E-state index contributed by atoms with van der Waals surface area (Å²) in [5, 5.41) is 0.361. The van der Waals surface area contributed by atoms with E-state index in [9.17, 15) is 9.70 Å². The lowest BCUT2D eigenvalue weighted by molar-refractivity contribution is -0.738. The van der Waals surface area contributed by atoms with Gasteiger partial charge in [0.25, 0.3) is 4.92 Å². The van der Waals surface area contributed by atoms with E-state index in [2.05, 4.69) is 24.6 Å². The van der Waals surface area contributed by atoms with Crippen molar-refractivity contribution < 1.29 is 19.3 Å². The molecule has 0 aliphatic carbocycles. The molecule has 28 heavy (non-hydrogen) atoms. The van der Waals surface area contributed by atoms with E-state index in [4.69, 9.17) is 4.84 Å². The Morgan fingerprint density at radius 3 is 2.57 bits per heavy atom. The summed E-state index contributed by atoms with van der Waals surface area (Å²) in [6.07, 6.45) is 3.18. The van der Waals surface area contributed by atoms with Crippen molar-refractivity contribution in [1.29, 1.82) is 0 Å². The van der Waals surface area contributed by atoms with Gasteiger partial charge in [0.2, 0.25) is 5.95 Å². The number of carbonyl (C=O) groups is 1. The molecule has 0 atom stereocenters. The number of thioether (sulfide) groups is 1. The first kappa shape index (κ1) is 19.8. The van der Waals surface area contributed by atoms with Crippen molar-refractivity contribution in [3.05, 3.63) is 35.5 Å². The van der Waals surface area contributed by atoms with Crippen molar-refractivity contribution in [2.45, 2.75) is 5.03 Å². The third kappa shape index (κ3) is 4.66. The molecule has 0 N–H and O–H groups in total. The first-order valence-corrected chi connectivity index (χ1v) is 9.60. The summed E-state index contributed by atoms with van der Waals surface area (Å²) in [7, 11) is 2.57. The molecule has 0 saturated carbocycles. The molecule has 1 aliphatic heterocycles. The number of piperazine rings is 1. The first-order chi connectivity index (χ1) is 13.6. The van der Waals surface area contributed by atoms with Crippen LogP contribution in [0.25, 0.3) is 0 Å². The third-order valence-corrected chi connectivity index (χ3v) is 5.13. The summed E-state index contributed by atoms with van der Waals surface area (Å²) in [4.78, 5) is 45.8. The number of esters is 1. The molecule has 0 unspecified atom stereocenters. The van der Waals surface area contributed by atoms with E-state index in [1.54, 1.807) is 6.20 Å². The normalized spacial score (nSPS) is 13.9. The van der Waals surface area contributed by atoms with Gasteiger partial charge in [-0.05, 0) is 12.1 Å². The van der Waals surface area contributed by atoms with Crippen LogP contribution in [0.15, 0.2) is 35.6 Å². The number of nitrogens with zero attached hydrogens (tertiary/aromatic N) is 6. The highest BCUT2D eigenvalue weighted by molar-refractivity contribution is 8.00. The molecular weight excluding hydrogens is 384 g/mol. The van der Waals surface area contributed by atoms with Gasteiger partial charge in [-0.2, -0.15) is 4.98 Å². The van der Waals surface area contributed by atoms with E-state index in [1.165, 1.54) is 20.4 Å². The van der Waals surface area contributed by atoms with E-state index in [0.717, 1.165) is 30.7 Å². The van der Waals surface area contributed by atoms with Gasteiger partial charge in [0.05, 0.1) is 17.8 Å². The van der Waals surface area contributed by atoms with Gasteiger partial charge in [0.1, 0.15) is 12.0 Å². The van der Waals surface area contributed by atoms with Crippen LogP contribution in [0.3, 0.4) is 0 Å². The summed E-state index contributed by atoms with van der Waals surface area (Å²) < 4.78 is 4.65. The second-order valence-corrected chi connectivity index (χ2v) is 6.79. The molecule has 2 aromatic heterocycles. The summed E-state index contributed by atoms with van der Waals surface area (Å²) >= 11 is 1.10. The number of rotatable bonds is 7. The summed E-state index contributed by atoms with van der Waals surface area (Å²) in [6.45, 7) is 2.97. The van der Waals surface area contributed by atoms with Gasteiger partial charge in [-0.25, -0.2) is 14.8 Å². The van der Waals surface area contributed by atoms with Crippen LogP contribution >= 0.6 is 11.8 Å². The molecule has 1 aliphatic rings. The zero-order valence-corrected chi connectivity index (χ0v) is 16.5. The molecule has 3 rings (SSSR count). The Kier molecular flexibility index (Phi) is 6.58. The van der Waals surface area contributed by atoms with E-state index in [1.807, 2.05) is 23.1 Å². The van der Waals surface area contributed by atoms with Gasteiger partial charge in [-0.3, -0.25) is 4.79 Å². The zero-order valence-electron chi connectivity index (χ0n) is 15.6. The second-order valence-electron chi connectivity index (χ2n) is 5.83. The van der Waals surface area contributed by atoms with E-state index in [0.29, 0.717) is 29.0 Å². The van der Waals surface area contributed by atoms with Crippen LogP contribution in [0, 0.1) is 4.91 Å². The Hall–Kier alpha value is -2.95. The Morgan fingerprint density at radius 1 is 1.18 bits per heavy atom. The number of ether oxygens (including phenoxy) is 1. The van der Waals surface area contributed by atoms with Crippen LogP contribution in [0.1, 0.15) is 0 Å². The number of carbonyl (C=O) groups excluding carboxylic acids is 1. The van der Waals surface area contributed by atoms with E-state index >= 15 is 0 Å². The number of anilines is 2. The van der Waals surface area contributed by atoms with Crippen molar-refractivity contribution in [2.24, 2.45) is 0 Å². The molecule has 2 aromatic rings. The van der Waals surface area contributed by atoms with E-state index in [-0.39, 0.29) is 11.4 Å². The Labute approximate surface area is 166 Å². The van der Waals surface area contributed by atoms with Gasteiger partial charge in [-0.15, -0.1) is 0 Å². The first-order valence-electron chi connectivity index (χ1n) is 8.61. The average Bonchev–Trinajstić information content (AvgIpc) is 2.77. The fraction of sp³-hybridized carbons (Fsp3) is 0.412. The van der Waals surface area contributed by atoms with Crippen molar-refractivity contribution in [3.63, 3.8) is 0 Å². The maximum absolute atomic E-state index is 11.9. The molecule has 0 bridgehead atoms. The fourth-order valence-corrected chi connectivity index (χ4v) is 3.49. The maximum Gasteiger partial charge on any atom is 0.366 e. The van der Waals surface area contributed by atoms with Crippen molar-refractivity contribution >= 4 is 35.2 Å². The predicted octanol–water partition coefficient (Wildman–Crippen LogP) is 1.44. The number of hydrogen-bond donors (Lipinski definition) is 0. The molecule has 11 heteroatoms. The van der Waals surface area contributed by atoms with Crippen molar-refractivity contribution in [1.82, 2.24) is 15.0 Å². The predicted molar refractivity (Wildman–Crippen MR) is 104 cm³/mol. The van der Waals surface area contributed by atoms with Gasteiger partial charge in [0, 0.05) is 32.4 Å². The van der Waals surface area contributed by atoms with Crippen molar-refractivity contribution in [3.8, 4) is 0 Å². The fourth-order valence-electron chi connectivity index (χ4n) is 2.70. The third-order valence-electron chi connectivity index (χ3n) is 4.18. The molecule has 3 heterocycles. The minimum absolute atomic E-state index is 0.0327. The van der Waals surface area contributed by atoms with Gasteiger partial charge in [-0.1, -0.05) is 17.8 Å². The van der Waals surface area contributed by atoms with Crippen molar-refractivity contribution in [2.75, 3.05) is 56.0 Å². The SMILES string of the molecule is COC(=O)CSc1nc(N2CCN(c3ccccn3)CC2)ncc1[N+](=O)OC. The van der Waals surface area contributed by atoms with Gasteiger partial charge < -0.3 is 14.5 Å². The molecule has 1 fully saturated rings. The summed E-state index contributed by atoms with van der Waals surface area (Å²) in [5.74, 6) is 1.07. The maximum atomic E-state index is 11.9. The Morgan fingerprint density at radius 2 is 1.93 bits per heavy atom. The van der Waals surface area contributed by atoms with Gasteiger partial charge in [0.15, 0.2) is 12.1 Å². The van der Waals surface area contributed by atoms with Crippen LogP contribution in [0.4, 0.5) is 17.5 Å². The standard InChI is InChI=1S/C17H21N6O4S/c1-26-15(24)12-28-16-13(23(25)27-2)11-19-17(20-16)22-9-7-21(8-10-22)14-5-3-4-6-18-14/h3-6,11H,7-10,12H2,1-2H3/q+1. The molecule has 0 radical (unpaired) electrons. The minimum atomic E-state index is -0.407. The Bertz CT molecular complexity index is 830. The van der Waals surface area contributed by atoms with Crippen LogP contribution in [0.5, 0.6) is 0 Å². The zero-order chi connectivity index (χ0) is 19.9. The Balaban J connectivity index is 1.73. The van der Waals surface area contributed by atoms with Gasteiger partial charge >= 0.3 is 11.7 Å². The number of methoxy groups -OCH3 is 1. The highest BCUT2D eigenvalue weighted by atomic mass is 32.2. The molecule has 0 aromatic carbocycles. The van der Waals surface area contributed by atoms with Crippen LogP contribution in [-0.2, 0) is 14.4 Å². The molecule has 1 saturated heterocycles. The summed E-state index contributed by atoms with van der Waals surface area (Å²) in [6, 6.07) is 5.84. The van der Waals surface area contributed by atoms with E-state index < -0.39 is 5.97 Å². The largest absolute Gasteiger partial charge is 0.468 e. The lowest BCUT2D eigenvalue weighted by atomic mass is 10.3. The monoisotopic (exact) mass is 405 g/mol. The van der Waals surface area contributed by atoms with Crippen LogP contribution < -0.4 is 9.80 Å². The molecule has 148 valence electrons. The van der Waals surface area contributed by atoms with Crippen LogP contribution in [0.2, 0.25) is 0 Å². The lowest BCUT2D eigenvalue weighted by Gasteiger charge is -2.35. The molecule has 10 nitrogen and oxygen atoms in total. The average molecular weight is 405 g/mol. The smallest absolute Gasteiger partial charge is 0.366 e. The molecular formula is C17H21N6O4S+.